The number of Topliss-reactive ketones (excluding diaryl/α,β-unsaturated/α-hetero) is 1. The molecule has 1 aliphatic heterocycles. The Hall–Kier alpha value is -3.64. The average Bonchev–Trinajstić information content (AvgIpc) is 3.04. The van der Waals surface area contributed by atoms with E-state index in [9.17, 15) is 14.7 Å². The number of pyridine rings is 1. The van der Waals surface area contributed by atoms with Crippen LogP contribution in [-0.2, 0) is 9.59 Å². The molecule has 7 heteroatoms. The number of aryl methyl sites for hydroxylation is 2. The zero-order valence-corrected chi connectivity index (χ0v) is 18.6. The van der Waals surface area contributed by atoms with Crippen LogP contribution in [0.4, 0.5) is 5.69 Å². The predicted molar refractivity (Wildman–Crippen MR) is 123 cm³/mol. The van der Waals surface area contributed by atoms with Crippen molar-refractivity contribution in [1.29, 1.82) is 0 Å². The summed E-state index contributed by atoms with van der Waals surface area (Å²) in [5.74, 6) is -1.45. The maximum atomic E-state index is 13.2. The van der Waals surface area contributed by atoms with E-state index in [1.54, 1.807) is 36.7 Å². The largest absolute Gasteiger partial charge is 0.507 e. The Morgan fingerprint density at radius 2 is 1.81 bits per heavy atom. The second kappa shape index (κ2) is 8.48. The molecule has 0 bridgehead atoms. The lowest BCUT2D eigenvalue weighted by molar-refractivity contribution is -0.132. The van der Waals surface area contributed by atoms with Gasteiger partial charge in [-0.05, 0) is 66.9 Å². The molecule has 1 fully saturated rings. The van der Waals surface area contributed by atoms with Gasteiger partial charge in [0.15, 0.2) is 0 Å². The van der Waals surface area contributed by atoms with E-state index >= 15 is 0 Å². The van der Waals surface area contributed by atoms with Crippen LogP contribution in [0.1, 0.15) is 28.3 Å². The highest BCUT2D eigenvalue weighted by Crippen LogP contribution is 2.43. The monoisotopic (exact) mass is 448 g/mol. The van der Waals surface area contributed by atoms with Crippen molar-refractivity contribution in [3.63, 3.8) is 0 Å². The zero-order valence-electron chi connectivity index (χ0n) is 17.8. The zero-order chi connectivity index (χ0) is 23.0. The van der Waals surface area contributed by atoms with Crippen molar-refractivity contribution in [3.05, 3.63) is 93.8 Å². The first-order chi connectivity index (χ1) is 15.3. The summed E-state index contributed by atoms with van der Waals surface area (Å²) in [6, 6.07) is 13.0. The number of aromatic nitrogens is 1. The second-order valence-corrected chi connectivity index (χ2v) is 8.06. The number of rotatable bonds is 4. The van der Waals surface area contributed by atoms with Crippen molar-refractivity contribution in [2.24, 2.45) is 0 Å². The molecule has 1 N–H and O–H groups in total. The molecule has 4 rings (SSSR count). The van der Waals surface area contributed by atoms with E-state index in [-0.39, 0.29) is 11.3 Å². The van der Waals surface area contributed by atoms with Crippen LogP contribution in [0, 0.1) is 13.8 Å². The summed E-state index contributed by atoms with van der Waals surface area (Å²) in [7, 11) is 1.46. The molecule has 1 unspecified atom stereocenters. The molecule has 162 valence electrons. The van der Waals surface area contributed by atoms with Crippen LogP contribution in [0.25, 0.3) is 5.76 Å². The van der Waals surface area contributed by atoms with Crippen molar-refractivity contribution >= 4 is 34.7 Å². The average molecular weight is 449 g/mol. The molecule has 3 aromatic rings. The lowest BCUT2D eigenvalue weighted by Crippen LogP contribution is -2.29. The minimum Gasteiger partial charge on any atom is -0.507 e. The van der Waals surface area contributed by atoms with Gasteiger partial charge in [0, 0.05) is 23.6 Å². The number of amides is 1. The molecule has 0 saturated carbocycles. The number of hydrogen-bond donors (Lipinski definition) is 1. The molecule has 32 heavy (non-hydrogen) atoms. The summed E-state index contributed by atoms with van der Waals surface area (Å²) in [5, 5.41) is 11.6. The molecule has 0 spiro atoms. The maximum Gasteiger partial charge on any atom is 0.300 e. The summed E-state index contributed by atoms with van der Waals surface area (Å²) >= 11 is 6.11. The van der Waals surface area contributed by atoms with E-state index in [2.05, 4.69) is 4.98 Å². The van der Waals surface area contributed by atoms with Crippen LogP contribution in [-0.4, -0.2) is 28.9 Å². The number of carbonyl (C=O) groups excluding carboxylic acids is 2. The molecule has 6 nitrogen and oxygen atoms in total. The number of nitrogens with zero attached hydrogens (tertiary/aromatic N) is 2. The van der Waals surface area contributed by atoms with Gasteiger partial charge < -0.3 is 9.84 Å². The van der Waals surface area contributed by atoms with E-state index in [0.717, 1.165) is 11.1 Å². The van der Waals surface area contributed by atoms with Crippen molar-refractivity contribution < 1.29 is 19.4 Å². The first kappa shape index (κ1) is 21.6. The number of benzene rings is 2. The Kier molecular flexibility index (Phi) is 5.72. The van der Waals surface area contributed by atoms with Crippen LogP contribution in [0.15, 0.2) is 66.5 Å². The summed E-state index contributed by atoms with van der Waals surface area (Å²) in [5.41, 5.74) is 3.38. The maximum absolute atomic E-state index is 13.2. The Labute approximate surface area is 190 Å². The summed E-state index contributed by atoms with van der Waals surface area (Å²) in [6.07, 6.45) is 3.19. The molecule has 1 aromatic heterocycles. The Bertz CT molecular complexity index is 1230. The molecule has 1 amide bonds. The van der Waals surface area contributed by atoms with Gasteiger partial charge >= 0.3 is 0 Å². The fourth-order valence-corrected chi connectivity index (χ4v) is 4.20. The highest BCUT2D eigenvalue weighted by molar-refractivity contribution is 6.51. The van der Waals surface area contributed by atoms with Crippen molar-refractivity contribution in [3.8, 4) is 5.75 Å². The predicted octanol–water partition coefficient (Wildman–Crippen LogP) is 4.99. The highest BCUT2D eigenvalue weighted by atomic mass is 35.5. The van der Waals surface area contributed by atoms with Gasteiger partial charge in [-0.2, -0.15) is 0 Å². The van der Waals surface area contributed by atoms with Gasteiger partial charge in [0.05, 0.1) is 23.7 Å². The molecule has 2 heterocycles. The topological polar surface area (TPSA) is 79.7 Å². The fraction of sp³-hybridized carbons (Fsp3) is 0.160. The van der Waals surface area contributed by atoms with Gasteiger partial charge in [0.2, 0.25) is 0 Å². The molecule has 0 radical (unpaired) electrons. The van der Waals surface area contributed by atoms with Gasteiger partial charge in [0.25, 0.3) is 11.7 Å². The molecular weight excluding hydrogens is 428 g/mol. The quantitative estimate of drug-likeness (QED) is 0.345. The van der Waals surface area contributed by atoms with Crippen molar-refractivity contribution in [1.82, 2.24) is 4.98 Å². The third-order valence-electron chi connectivity index (χ3n) is 5.35. The molecule has 1 aliphatic rings. The van der Waals surface area contributed by atoms with Gasteiger partial charge in [-0.1, -0.05) is 23.7 Å². The summed E-state index contributed by atoms with van der Waals surface area (Å²) in [4.78, 5) is 32.0. The van der Waals surface area contributed by atoms with E-state index in [0.29, 0.717) is 27.6 Å². The van der Waals surface area contributed by atoms with Crippen LogP contribution in [0.2, 0.25) is 5.02 Å². The SMILES string of the molecule is COc1cc(/C(O)=C2/C(=O)C(=O)N(c3cc(C)cc(C)c3)C2c2cccnc2)ccc1Cl. The number of hydrogen-bond acceptors (Lipinski definition) is 5. The van der Waals surface area contributed by atoms with Crippen molar-refractivity contribution in [2.45, 2.75) is 19.9 Å². The minimum absolute atomic E-state index is 0.0217. The Morgan fingerprint density at radius 3 is 2.44 bits per heavy atom. The molecule has 0 aliphatic carbocycles. The lowest BCUT2D eigenvalue weighted by Gasteiger charge is -2.26. The fourth-order valence-electron chi connectivity index (χ4n) is 4.00. The third-order valence-corrected chi connectivity index (χ3v) is 5.67. The first-order valence-corrected chi connectivity index (χ1v) is 10.3. The van der Waals surface area contributed by atoms with Gasteiger partial charge in [-0.25, -0.2) is 0 Å². The van der Waals surface area contributed by atoms with Gasteiger partial charge in [-0.3, -0.25) is 19.5 Å². The third kappa shape index (κ3) is 3.74. The molecule has 1 saturated heterocycles. The molecule has 1 atom stereocenters. The number of methoxy groups -OCH3 is 1. The normalized spacial score (nSPS) is 17.6. The number of anilines is 1. The number of ketones is 1. The molecular formula is C25H21ClN2O4. The van der Waals surface area contributed by atoms with Gasteiger partial charge in [0.1, 0.15) is 11.5 Å². The minimum atomic E-state index is -0.841. The van der Waals surface area contributed by atoms with E-state index in [4.69, 9.17) is 16.3 Å². The highest BCUT2D eigenvalue weighted by Gasteiger charge is 2.47. The smallest absolute Gasteiger partial charge is 0.300 e. The Balaban J connectivity index is 1.96. The summed E-state index contributed by atoms with van der Waals surface area (Å²) < 4.78 is 5.24. The van der Waals surface area contributed by atoms with E-state index in [1.807, 2.05) is 32.0 Å². The van der Waals surface area contributed by atoms with Crippen molar-refractivity contribution in [2.75, 3.05) is 12.0 Å². The van der Waals surface area contributed by atoms with Crippen LogP contribution >= 0.6 is 11.6 Å². The van der Waals surface area contributed by atoms with E-state index < -0.39 is 17.7 Å². The second-order valence-electron chi connectivity index (χ2n) is 7.65. The number of carbonyl (C=O) groups is 2. The number of ether oxygens (including phenoxy) is 1. The number of aliphatic hydroxyl groups is 1. The standard InChI is InChI=1S/C25H21ClN2O4/c1-14-9-15(2)11-18(10-14)28-22(17-5-4-8-27-13-17)21(24(30)25(28)31)23(29)16-6-7-19(26)20(12-16)32-3/h4-13,22,29H,1-3H3/b23-21-. The number of halogens is 1. The summed E-state index contributed by atoms with van der Waals surface area (Å²) in [6.45, 7) is 3.85. The molecule has 2 aromatic carbocycles. The van der Waals surface area contributed by atoms with Crippen LogP contribution in [0.5, 0.6) is 5.75 Å². The Morgan fingerprint density at radius 1 is 1.09 bits per heavy atom. The number of aliphatic hydroxyl groups excluding tert-OH is 1. The van der Waals surface area contributed by atoms with Gasteiger partial charge in [-0.15, -0.1) is 0 Å². The van der Waals surface area contributed by atoms with Crippen LogP contribution in [0.3, 0.4) is 0 Å². The van der Waals surface area contributed by atoms with Crippen LogP contribution < -0.4 is 9.64 Å². The first-order valence-electron chi connectivity index (χ1n) is 9.95. The van der Waals surface area contributed by atoms with E-state index in [1.165, 1.54) is 18.1 Å². The lowest BCUT2D eigenvalue weighted by atomic mass is 9.96.